The maximum absolute atomic E-state index is 4.35. The zero-order valence-corrected chi connectivity index (χ0v) is 13.6. The van der Waals surface area contributed by atoms with Gasteiger partial charge in [-0.25, -0.2) is 0 Å². The fourth-order valence-corrected chi connectivity index (χ4v) is 2.90. The summed E-state index contributed by atoms with van der Waals surface area (Å²) in [4.78, 5) is 0.941. The highest BCUT2D eigenvalue weighted by Gasteiger charge is 1.99. The van der Waals surface area contributed by atoms with Crippen LogP contribution in [0.1, 0.15) is 25.1 Å². The van der Waals surface area contributed by atoms with Gasteiger partial charge in [-0.15, -0.1) is 16.4 Å². The summed E-state index contributed by atoms with van der Waals surface area (Å²) in [6.45, 7) is 7.10. The number of halogens is 1. The molecule has 0 aliphatic carbocycles. The van der Waals surface area contributed by atoms with Gasteiger partial charge in [0.05, 0.1) is 5.71 Å². The minimum absolute atomic E-state index is 0.918. The number of rotatable bonds is 3. The van der Waals surface area contributed by atoms with Crippen LogP contribution in [0.15, 0.2) is 44.3 Å². The Balaban J connectivity index is 2.33. The molecule has 0 fully saturated rings. The third-order valence-electron chi connectivity index (χ3n) is 2.86. The Morgan fingerprint density at radius 2 is 2.00 bits per heavy atom. The molecule has 0 aliphatic rings. The summed E-state index contributed by atoms with van der Waals surface area (Å²) in [6.07, 6.45) is 0. The van der Waals surface area contributed by atoms with E-state index in [1.807, 2.05) is 31.2 Å². The summed E-state index contributed by atoms with van der Waals surface area (Å²) < 4.78 is 3.22. The molecular formula is C14H16BrN3S. The second kappa shape index (κ2) is 6.30. The highest BCUT2D eigenvalue weighted by atomic mass is 79.9. The Hall–Kier alpha value is -1.20. The van der Waals surface area contributed by atoms with Gasteiger partial charge in [-0.3, -0.25) is 0 Å². The first-order valence-electron chi connectivity index (χ1n) is 6.11. The van der Waals surface area contributed by atoms with Crippen LogP contribution in [-0.2, 0) is 6.54 Å². The lowest BCUT2D eigenvalue weighted by Crippen LogP contribution is -2.14. The lowest BCUT2D eigenvalue weighted by Gasteiger charge is -2.00. The van der Waals surface area contributed by atoms with E-state index in [0.29, 0.717) is 0 Å². The maximum atomic E-state index is 4.35. The molecule has 0 N–H and O–H groups in total. The number of benzene rings is 1. The molecule has 0 radical (unpaired) electrons. The highest BCUT2D eigenvalue weighted by Crippen LogP contribution is 2.11. The van der Waals surface area contributed by atoms with Crippen molar-refractivity contribution in [3.63, 3.8) is 0 Å². The van der Waals surface area contributed by atoms with E-state index in [1.54, 1.807) is 11.3 Å². The SMILES string of the molecule is CCn1c(C)csc1=NN=C(C)c1ccc(Br)cc1. The molecule has 1 aromatic heterocycles. The second-order valence-corrected chi connectivity index (χ2v) is 5.95. The maximum Gasteiger partial charge on any atom is 0.210 e. The molecule has 100 valence electrons. The number of hydrogen-bond acceptors (Lipinski definition) is 3. The van der Waals surface area contributed by atoms with E-state index in [1.165, 1.54) is 5.69 Å². The molecule has 0 saturated carbocycles. The fourth-order valence-electron chi connectivity index (χ4n) is 1.74. The molecule has 0 spiro atoms. The summed E-state index contributed by atoms with van der Waals surface area (Å²) in [5.74, 6) is 0. The summed E-state index contributed by atoms with van der Waals surface area (Å²) in [6, 6.07) is 8.09. The standard InChI is InChI=1S/C14H16BrN3S/c1-4-18-10(2)9-19-14(18)17-16-11(3)12-5-7-13(15)8-6-12/h5-9H,4H2,1-3H3. The molecule has 0 unspecified atom stereocenters. The Labute approximate surface area is 125 Å². The number of nitrogens with zero attached hydrogens (tertiary/aromatic N) is 3. The van der Waals surface area contributed by atoms with Crippen LogP contribution >= 0.6 is 27.3 Å². The third-order valence-corrected chi connectivity index (χ3v) is 4.36. The molecule has 0 amide bonds. The minimum Gasteiger partial charge on any atom is -0.320 e. The van der Waals surface area contributed by atoms with Crippen molar-refractivity contribution >= 4 is 33.0 Å². The quantitative estimate of drug-likeness (QED) is 0.599. The fraction of sp³-hybridized carbons (Fsp3) is 0.286. The first-order chi connectivity index (χ1) is 9.11. The summed E-state index contributed by atoms with van der Waals surface area (Å²) in [5, 5.41) is 10.8. The van der Waals surface area contributed by atoms with Crippen LogP contribution in [0.5, 0.6) is 0 Å². The van der Waals surface area contributed by atoms with Gasteiger partial charge in [0.15, 0.2) is 0 Å². The van der Waals surface area contributed by atoms with Crippen molar-refractivity contribution < 1.29 is 0 Å². The topological polar surface area (TPSA) is 29.6 Å². The Morgan fingerprint density at radius 3 is 2.63 bits per heavy atom. The van der Waals surface area contributed by atoms with Crippen LogP contribution < -0.4 is 4.80 Å². The molecule has 0 aliphatic heterocycles. The Morgan fingerprint density at radius 1 is 1.32 bits per heavy atom. The normalized spacial score (nSPS) is 13.1. The van der Waals surface area contributed by atoms with Crippen molar-refractivity contribution in [3.05, 3.63) is 50.2 Å². The molecule has 0 saturated heterocycles. The average Bonchev–Trinajstić information content (AvgIpc) is 2.77. The van der Waals surface area contributed by atoms with E-state index in [2.05, 4.69) is 49.9 Å². The van der Waals surface area contributed by atoms with E-state index in [-0.39, 0.29) is 0 Å². The molecule has 3 nitrogen and oxygen atoms in total. The van der Waals surface area contributed by atoms with Gasteiger partial charge in [0.2, 0.25) is 4.80 Å². The molecule has 5 heteroatoms. The van der Waals surface area contributed by atoms with E-state index in [4.69, 9.17) is 0 Å². The smallest absolute Gasteiger partial charge is 0.210 e. The first-order valence-corrected chi connectivity index (χ1v) is 7.78. The van der Waals surface area contributed by atoms with Crippen molar-refractivity contribution in [2.75, 3.05) is 0 Å². The summed E-state index contributed by atoms with van der Waals surface area (Å²) >= 11 is 5.05. The number of thiazole rings is 1. The number of aryl methyl sites for hydroxylation is 1. The molecule has 2 rings (SSSR count). The van der Waals surface area contributed by atoms with Crippen LogP contribution in [0.4, 0.5) is 0 Å². The van der Waals surface area contributed by atoms with E-state index in [9.17, 15) is 0 Å². The predicted molar refractivity (Wildman–Crippen MR) is 84.6 cm³/mol. The summed E-state index contributed by atoms with van der Waals surface area (Å²) in [5.41, 5.74) is 3.23. The first kappa shape index (κ1) is 14.2. The van der Waals surface area contributed by atoms with Crippen molar-refractivity contribution in [2.24, 2.45) is 10.2 Å². The van der Waals surface area contributed by atoms with Gasteiger partial charge >= 0.3 is 0 Å². The van der Waals surface area contributed by atoms with Gasteiger partial charge in [0.1, 0.15) is 0 Å². The van der Waals surface area contributed by atoms with Gasteiger partial charge in [-0.1, -0.05) is 28.1 Å². The van der Waals surface area contributed by atoms with Crippen molar-refractivity contribution in [1.29, 1.82) is 0 Å². The lowest BCUT2D eigenvalue weighted by molar-refractivity contribution is 0.705. The van der Waals surface area contributed by atoms with Gasteiger partial charge in [0, 0.05) is 22.1 Å². The van der Waals surface area contributed by atoms with E-state index in [0.717, 1.165) is 27.1 Å². The molecule has 0 bridgehead atoms. The zero-order valence-electron chi connectivity index (χ0n) is 11.2. The monoisotopic (exact) mass is 337 g/mol. The summed E-state index contributed by atoms with van der Waals surface area (Å²) in [7, 11) is 0. The van der Waals surface area contributed by atoms with Gasteiger partial charge in [-0.05, 0) is 38.5 Å². The van der Waals surface area contributed by atoms with Crippen LogP contribution in [0.25, 0.3) is 0 Å². The second-order valence-electron chi connectivity index (χ2n) is 4.20. The van der Waals surface area contributed by atoms with E-state index < -0.39 is 0 Å². The predicted octanol–water partition coefficient (Wildman–Crippen LogP) is 3.97. The van der Waals surface area contributed by atoms with Crippen LogP contribution in [0.2, 0.25) is 0 Å². The molecule has 2 aromatic rings. The van der Waals surface area contributed by atoms with E-state index >= 15 is 0 Å². The van der Waals surface area contributed by atoms with Gasteiger partial charge in [0.25, 0.3) is 0 Å². The number of hydrogen-bond donors (Lipinski definition) is 0. The zero-order chi connectivity index (χ0) is 13.8. The van der Waals surface area contributed by atoms with Crippen LogP contribution in [0.3, 0.4) is 0 Å². The highest BCUT2D eigenvalue weighted by molar-refractivity contribution is 9.10. The van der Waals surface area contributed by atoms with Crippen LogP contribution in [-0.4, -0.2) is 10.3 Å². The Bertz CT molecular complexity index is 650. The molecule has 1 aromatic carbocycles. The number of aromatic nitrogens is 1. The third kappa shape index (κ3) is 3.42. The van der Waals surface area contributed by atoms with Crippen molar-refractivity contribution in [2.45, 2.75) is 27.3 Å². The van der Waals surface area contributed by atoms with Crippen LogP contribution in [0, 0.1) is 6.92 Å². The Kier molecular flexibility index (Phi) is 4.71. The lowest BCUT2D eigenvalue weighted by atomic mass is 10.1. The average molecular weight is 338 g/mol. The van der Waals surface area contributed by atoms with Crippen molar-refractivity contribution in [3.8, 4) is 0 Å². The molecule has 1 heterocycles. The molecular weight excluding hydrogens is 322 g/mol. The molecule has 0 atom stereocenters. The largest absolute Gasteiger partial charge is 0.320 e. The van der Waals surface area contributed by atoms with Gasteiger partial charge in [-0.2, -0.15) is 5.10 Å². The minimum atomic E-state index is 0.918. The van der Waals surface area contributed by atoms with Gasteiger partial charge < -0.3 is 4.57 Å². The van der Waals surface area contributed by atoms with Crippen molar-refractivity contribution in [1.82, 2.24) is 4.57 Å². The molecule has 19 heavy (non-hydrogen) atoms.